The molecule has 4 N–H and O–H groups in total. The zero-order valence-corrected chi connectivity index (χ0v) is 9.98. The molecule has 0 amide bonds. The van der Waals surface area contributed by atoms with Crippen molar-refractivity contribution in [1.29, 1.82) is 0 Å². The number of amidine groups is 1. The molecule has 2 atom stereocenters. The lowest BCUT2D eigenvalue weighted by atomic mass is 10.0. The minimum Gasteiger partial charge on any atom is -0.409 e. The maximum Gasteiger partial charge on any atom is 0.139 e. The molecule has 1 aliphatic rings. The maximum atomic E-state index is 8.36. The summed E-state index contributed by atoms with van der Waals surface area (Å²) in [6, 6.07) is 0.590. The number of rotatable bonds is 6. The van der Waals surface area contributed by atoms with Crippen LogP contribution in [0.15, 0.2) is 5.16 Å². The molecular weight excluding hydrogens is 206 g/mol. The molecule has 0 radical (unpaired) electrons. The van der Waals surface area contributed by atoms with E-state index in [1.807, 2.05) is 0 Å². The van der Waals surface area contributed by atoms with Gasteiger partial charge in [0.15, 0.2) is 0 Å². The van der Waals surface area contributed by atoms with Crippen molar-refractivity contribution in [3.05, 3.63) is 0 Å². The van der Waals surface area contributed by atoms with Gasteiger partial charge in [-0.15, -0.1) is 0 Å². The van der Waals surface area contributed by atoms with Gasteiger partial charge in [0.05, 0.1) is 6.10 Å². The van der Waals surface area contributed by atoms with Crippen LogP contribution in [0.25, 0.3) is 0 Å². The van der Waals surface area contributed by atoms with Crippen molar-refractivity contribution >= 4 is 5.84 Å². The molecule has 0 spiro atoms. The number of ether oxygens (including phenoxy) is 1. The highest BCUT2D eigenvalue weighted by atomic mass is 16.5. The van der Waals surface area contributed by atoms with Gasteiger partial charge in [-0.05, 0) is 39.2 Å². The van der Waals surface area contributed by atoms with Crippen LogP contribution in [-0.2, 0) is 4.74 Å². The fraction of sp³-hybridized carbons (Fsp3) is 0.909. The largest absolute Gasteiger partial charge is 0.409 e. The first-order valence-electron chi connectivity index (χ1n) is 6.03. The highest BCUT2D eigenvalue weighted by molar-refractivity contribution is 5.79. The van der Waals surface area contributed by atoms with Crippen LogP contribution in [0, 0.1) is 0 Å². The van der Waals surface area contributed by atoms with E-state index in [9.17, 15) is 0 Å². The number of oxime groups is 1. The summed E-state index contributed by atoms with van der Waals surface area (Å²) in [6.45, 7) is 3.98. The number of nitrogens with one attached hydrogen (secondary N) is 1. The number of hydrogen-bond acceptors (Lipinski definition) is 4. The minimum absolute atomic E-state index is 0.319. The molecule has 0 aliphatic carbocycles. The van der Waals surface area contributed by atoms with Gasteiger partial charge in [-0.2, -0.15) is 0 Å². The Balaban J connectivity index is 1.98. The van der Waals surface area contributed by atoms with E-state index < -0.39 is 0 Å². The zero-order chi connectivity index (χ0) is 11.8. The molecule has 94 valence electrons. The van der Waals surface area contributed by atoms with Crippen molar-refractivity contribution in [2.75, 3.05) is 13.2 Å². The molecule has 1 rings (SSSR count). The summed E-state index contributed by atoms with van der Waals surface area (Å²) in [6.07, 6.45) is 5.26. The number of nitrogens with zero attached hydrogens (tertiary/aromatic N) is 1. The van der Waals surface area contributed by atoms with Gasteiger partial charge >= 0.3 is 0 Å². The van der Waals surface area contributed by atoms with Crippen molar-refractivity contribution in [2.45, 2.75) is 51.2 Å². The van der Waals surface area contributed by atoms with Crippen LogP contribution >= 0.6 is 0 Å². The van der Waals surface area contributed by atoms with Gasteiger partial charge in [0, 0.05) is 19.1 Å². The molecule has 0 saturated carbocycles. The van der Waals surface area contributed by atoms with Crippen LogP contribution in [0.3, 0.4) is 0 Å². The molecule has 5 nitrogen and oxygen atoms in total. The van der Waals surface area contributed by atoms with Gasteiger partial charge in [-0.1, -0.05) is 5.16 Å². The van der Waals surface area contributed by atoms with E-state index in [0.717, 1.165) is 38.8 Å². The third kappa shape index (κ3) is 5.32. The maximum absolute atomic E-state index is 8.36. The zero-order valence-electron chi connectivity index (χ0n) is 9.98. The van der Waals surface area contributed by atoms with E-state index in [-0.39, 0.29) is 0 Å². The third-order valence-corrected chi connectivity index (χ3v) is 2.91. The molecule has 2 unspecified atom stereocenters. The lowest BCUT2D eigenvalue weighted by Gasteiger charge is -2.28. The fourth-order valence-electron chi connectivity index (χ4n) is 1.97. The highest BCUT2D eigenvalue weighted by Crippen LogP contribution is 2.13. The molecule has 1 heterocycles. The van der Waals surface area contributed by atoms with E-state index in [1.54, 1.807) is 0 Å². The van der Waals surface area contributed by atoms with E-state index in [4.69, 9.17) is 15.7 Å². The van der Waals surface area contributed by atoms with Gasteiger partial charge in [0.1, 0.15) is 5.84 Å². The molecule has 0 bridgehead atoms. The smallest absolute Gasteiger partial charge is 0.139 e. The SMILES string of the molecule is CC1CC(NCCCCC(N)=NO)CCO1. The summed E-state index contributed by atoms with van der Waals surface area (Å²) in [5, 5.41) is 14.8. The molecule has 0 aromatic heterocycles. The van der Waals surface area contributed by atoms with Gasteiger partial charge in [-0.3, -0.25) is 0 Å². The summed E-state index contributed by atoms with van der Waals surface area (Å²) in [5.74, 6) is 0.319. The Labute approximate surface area is 97.0 Å². The molecule has 16 heavy (non-hydrogen) atoms. The van der Waals surface area contributed by atoms with Gasteiger partial charge < -0.3 is 21.0 Å². The van der Waals surface area contributed by atoms with Gasteiger partial charge in [-0.25, -0.2) is 0 Å². The lowest BCUT2D eigenvalue weighted by Crippen LogP contribution is -2.38. The topological polar surface area (TPSA) is 79.9 Å². The molecule has 5 heteroatoms. The second-order valence-corrected chi connectivity index (χ2v) is 4.41. The quantitative estimate of drug-likeness (QED) is 0.209. The second kappa shape index (κ2) is 7.46. The highest BCUT2D eigenvalue weighted by Gasteiger charge is 2.17. The summed E-state index contributed by atoms with van der Waals surface area (Å²) < 4.78 is 5.48. The standard InChI is InChI=1S/C11H23N3O2/c1-9-8-10(5-7-16-9)13-6-3-2-4-11(12)14-15/h9-10,13,15H,2-8H2,1H3,(H2,12,14). The predicted molar refractivity (Wildman–Crippen MR) is 63.7 cm³/mol. The fourth-order valence-corrected chi connectivity index (χ4v) is 1.97. The first kappa shape index (κ1) is 13.3. The number of nitrogens with two attached hydrogens (primary N) is 1. The normalized spacial score (nSPS) is 26.9. The molecule has 0 aromatic rings. The average Bonchev–Trinajstić information content (AvgIpc) is 2.28. The summed E-state index contributed by atoms with van der Waals surface area (Å²) in [5.41, 5.74) is 5.38. The average molecular weight is 229 g/mol. The molecule has 1 aliphatic heterocycles. The van der Waals surface area contributed by atoms with E-state index in [2.05, 4.69) is 17.4 Å². The Kier molecular flexibility index (Phi) is 6.18. The van der Waals surface area contributed by atoms with E-state index in [1.165, 1.54) is 0 Å². The van der Waals surface area contributed by atoms with Crippen molar-refractivity contribution in [2.24, 2.45) is 10.9 Å². The summed E-state index contributed by atoms with van der Waals surface area (Å²) >= 11 is 0. The molecular formula is C11H23N3O2. The van der Waals surface area contributed by atoms with Gasteiger partial charge in [0.25, 0.3) is 0 Å². The summed E-state index contributed by atoms with van der Waals surface area (Å²) in [4.78, 5) is 0. The van der Waals surface area contributed by atoms with Crippen molar-refractivity contribution < 1.29 is 9.94 Å². The van der Waals surface area contributed by atoms with Crippen molar-refractivity contribution in [3.8, 4) is 0 Å². The Morgan fingerprint density at radius 2 is 2.38 bits per heavy atom. The Morgan fingerprint density at radius 1 is 1.56 bits per heavy atom. The minimum atomic E-state index is 0.319. The molecule has 1 saturated heterocycles. The van der Waals surface area contributed by atoms with Crippen LogP contribution < -0.4 is 11.1 Å². The third-order valence-electron chi connectivity index (χ3n) is 2.91. The Bertz CT molecular complexity index is 221. The van der Waals surface area contributed by atoms with E-state index >= 15 is 0 Å². The van der Waals surface area contributed by atoms with Crippen LogP contribution in [0.2, 0.25) is 0 Å². The lowest BCUT2D eigenvalue weighted by molar-refractivity contribution is 0.0134. The summed E-state index contributed by atoms with van der Waals surface area (Å²) in [7, 11) is 0. The monoisotopic (exact) mass is 229 g/mol. The van der Waals surface area contributed by atoms with Crippen LogP contribution in [0.5, 0.6) is 0 Å². The predicted octanol–water partition coefficient (Wildman–Crippen LogP) is 1.06. The first-order chi connectivity index (χ1) is 7.72. The Hall–Kier alpha value is -0.810. The number of hydrogen-bond donors (Lipinski definition) is 3. The van der Waals surface area contributed by atoms with Crippen molar-refractivity contribution in [1.82, 2.24) is 5.32 Å². The number of unbranched alkanes of at least 4 members (excludes halogenated alkanes) is 1. The van der Waals surface area contributed by atoms with Crippen LogP contribution in [0.4, 0.5) is 0 Å². The van der Waals surface area contributed by atoms with Gasteiger partial charge in [0.2, 0.25) is 0 Å². The van der Waals surface area contributed by atoms with Crippen LogP contribution in [-0.4, -0.2) is 36.3 Å². The second-order valence-electron chi connectivity index (χ2n) is 4.41. The molecule has 1 fully saturated rings. The molecule has 0 aromatic carbocycles. The van der Waals surface area contributed by atoms with Crippen LogP contribution in [0.1, 0.15) is 39.0 Å². The Morgan fingerprint density at radius 3 is 3.06 bits per heavy atom. The first-order valence-corrected chi connectivity index (χ1v) is 6.03. The van der Waals surface area contributed by atoms with E-state index in [0.29, 0.717) is 24.4 Å². The van der Waals surface area contributed by atoms with Crippen molar-refractivity contribution in [3.63, 3.8) is 0 Å².